The highest BCUT2D eigenvalue weighted by atomic mass is 79.9. The number of ether oxygens (including phenoxy) is 2. The van der Waals surface area contributed by atoms with Gasteiger partial charge in [0.1, 0.15) is 29.9 Å². The molecule has 0 amide bonds. The second-order valence-electron chi connectivity index (χ2n) is 7.71. The smallest absolute Gasteiger partial charge is 0.314 e. The average Bonchev–Trinajstić information content (AvgIpc) is 3.11. The van der Waals surface area contributed by atoms with Crippen LogP contribution in [0.4, 0.5) is 0 Å². The Kier molecular flexibility index (Phi) is 6.65. The molecule has 32 heavy (non-hydrogen) atoms. The van der Waals surface area contributed by atoms with Gasteiger partial charge in [0.05, 0.1) is 24.2 Å². The molecule has 1 heterocycles. The minimum atomic E-state index is -0.900. The van der Waals surface area contributed by atoms with Gasteiger partial charge in [-0.25, -0.2) is 4.98 Å². The maximum Gasteiger partial charge on any atom is 0.314 e. The molecule has 0 radical (unpaired) electrons. The van der Waals surface area contributed by atoms with Gasteiger partial charge in [-0.05, 0) is 42.7 Å². The zero-order chi connectivity index (χ0) is 22.7. The minimum Gasteiger partial charge on any atom is -0.497 e. The van der Waals surface area contributed by atoms with E-state index in [1.165, 1.54) is 0 Å². The fourth-order valence-electron chi connectivity index (χ4n) is 3.98. The number of nitrogens with zero attached hydrogens (tertiary/aromatic N) is 2. The summed E-state index contributed by atoms with van der Waals surface area (Å²) in [7, 11) is 0. The Labute approximate surface area is 195 Å². The molecule has 1 aliphatic rings. The van der Waals surface area contributed by atoms with Crippen LogP contribution in [0.3, 0.4) is 0 Å². The van der Waals surface area contributed by atoms with Crippen LogP contribution in [0.15, 0.2) is 76.7 Å². The van der Waals surface area contributed by atoms with E-state index in [9.17, 15) is 9.90 Å². The van der Waals surface area contributed by atoms with Crippen molar-refractivity contribution < 1.29 is 19.4 Å². The number of hydrogen-bond donors (Lipinski definition) is 1. The summed E-state index contributed by atoms with van der Waals surface area (Å²) >= 11 is 3.63. The zero-order valence-electron chi connectivity index (χ0n) is 18.0. The molecule has 0 fully saturated rings. The van der Waals surface area contributed by atoms with Crippen LogP contribution in [-0.4, -0.2) is 27.2 Å². The van der Waals surface area contributed by atoms with Crippen LogP contribution in [0.1, 0.15) is 25.2 Å². The van der Waals surface area contributed by atoms with Crippen LogP contribution < -0.4 is 0 Å². The second-order valence-corrected chi connectivity index (χ2v) is 8.56. The normalized spacial score (nSPS) is 18.2. The standard InChI is InChI=1S/C25H25BrN2O4/c1-3-31-22-13-18(12-16(2)24(22)25(29)30)32-15-23-27-20-10-6-7-11-21(20)28(23)14-17-8-4-5-9-19(17)26/h4-13,16,24H,3,14-15H2,1-2H3,(H,29,30). The maximum atomic E-state index is 11.7. The molecule has 1 aliphatic carbocycles. The van der Waals surface area contributed by atoms with E-state index in [1.54, 1.807) is 6.08 Å². The lowest BCUT2D eigenvalue weighted by molar-refractivity contribution is -0.142. The van der Waals surface area contributed by atoms with Crippen molar-refractivity contribution in [2.24, 2.45) is 11.8 Å². The molecule has 0 bridgehead atoms. The molecule has 2 atom stereocenters. The number of allylic oxidation sites excluding steroid dienone is 2. The third-order valence-corrected chi connectivity index (χ3v) is 6.28. The van der Waals surface area contributed by atoms with Crippen molar-refractivity contribution in [2.75, 3.05) is 6.61 Å². The lowest BCUT2D eigenvalue weighted by Crippen LogP contribution is -2.27. The Morgan fingerprint density at radius 1 is 1.16 bits per heavy atom. The molecule has 3 aromatic rings. The summed E-state index contributed by atoms with van der Waals surface area (Å²) in [5, 5.41) is 9.57. The van der Waals surface area contributed by atoms with Gasteiger partial charge in [-0.15, -0.1) is 0 Å². The van der Waals surface area contributed by atoms with Gasteiger partial charge in [-0.3, -0.25) is 4.79 Å². The third-order valence-electron chi connectivity index (χ3n) is 5.51. The molecular formula is C25H25BrN2O4. The number of carboxylic acids is 1. The number of fused-ring (bicyclic) bond motifs is 1. The van der Waals surface area contributed by atoms with E-state index >= 15 is 0 Å². The highest BCUT2D eigenvalue weighted by molar-refractivity contribution is 9.10. The second kappa shape index (κ2) is 9.61. The predicted octanol–water partition coefficient (Wildman–Crippen LogP) is 5.52. The van der Waals surface area contributed by atoms with Crippen LogP contribution in [0.5, 0.6) is 0 Å². The van der Waals surface area contributed by atoms with Crippen molar-refractivity contribution in [2.45, 2.75) is 27.0 Å². The number of halogens is 1. The molecule has 0 spiro atoms. The molecule has 0 saturated heterocycles. The fourth-order valence-corrected chi connectivity index (χ4v) is 4.39. The quantitative estimate of drug-likeness (QED) is 0.444. The summed E-state index contributed by atoms with van der Waals surface area (Å²) < 4.78 is 14.9. The molecule has 6 nitrogen and oxygen atoms in total. The van der Waals surface area contributed by atoms with E-state index in [2.05, 4.69) is 32.6 Å². The number of aromatic nitrogens is 2. The Morgan fingerprint density at radius 2 is 1.91 bits per heavy atom. The van der Waals surface area contributed by atoms with E-state index < -0.39 is 11.9 Å². The Hall–Kier alpha value is -3.06. The van der Waals surface area contributed by atoms with Crippen molar-refractivity contribution in [1.29, 1.82) is 0 Å². The first-order valence-corrected chi connectivity index (χ1v) is 11.4. The summed E-state index contributed by atoms with van der Waals surface area (Å²) in [5.41, 5.74) is 3.08. The summed E-state index contributed by atoms with van der Waals surface area (Å²) in [6, 6.07) is 16.1. The number of rotatable bonds is 8. The Balaban J connectivity index is 1.62. The summed E-state index contributed by atoms with van der Waals surface area (Å²) in [5.74, 6) is -0.0370. The average molecular weight is 497 g/mol. The number of benzene rings is 2. The van der Waals surface area contributed by atoms with Gasteiger partial charge in [0.2, 0.25) is 0 Å². The van der Waals surface area contributed by atoms with Crippen LogP contribution in [0.2, 0.25) is 0 Å². The monoisotopic (exact) mass is 496 g/mol. The van der Waals surface area contributed by atoms with Crippen molar-refractivity contribution in [1.82, 2.24) is 9.55 Å². The summed E-state index contributed by atoms with van der Waals surface area (Å²) in [6.45, 7) is 5.00. The number of para-hydroxylation sites is 2. The molecule has 166 valence electrons. The van der Waals surface area contributed by atoms with Gasteiger partial charge < -0.3 is 19.1 Å². The molecule has 7 heteroatoms. The highest BCUT2D eigenvalue weighted by Crippen LogP contribution is 2.31. The zero-order valence-corrected chi connectivity index (χ0v) is 19.6. The van der Waals surface area contributed by atoms with Gasteiger partial charge in [-0.2, -0.15) is 0 Å². The van der Waals surface area contributed by atoms with E-state index in [-0.39, 0.29) is 12.5 Å². The largest absolute Gasteiger partial charge is 0.497 e. The lowest BCUT2D eigenvalue weighted by Gasteiger charge is -2.25. The Morgan fingerprint density at radius 3 is 2.66 bits per heavy atom. The van der Waals surface area contributed by atoms with Crippen LogP contribution in [-0.2, 0) is 27.4 Å². The van der Waals surface area contributed by atoms with E-state index in [0.717, 1.165) is 26.9 Å². The van der Waals surface area contributed by atoms with Gasteiger partial charge in [0.25, 0.3) is 0 Å². The lowest BCUT2D eigenvalue weighted by atomic mass is 9.87. The predicted molar refractivity (Wildman–Crippen MR) is 126 cm³/mol. The van der Waals surface area contributed by atoms with Crippen molar-refractivity contribution in [3.8, 4) is 0 Å². The van der Waals surface area contributed by atoms with Crippen molar-refractivity contribution in [3.63, 3.8) is 0 Å². The number of imidazole rings is 1. The van der Waals surface area contributed by atoms with Crippen LogP contribution in [0, 0.1) is 11.8 Å². The van der Waals surface area contributed by atoms with E-state index in [1.807, 2.05) is 56.3 Å². The first-order valence-electron chi connectivity index (χ1n) is 10.6. The van der Waals surface area contributed by atoms with Crippen LogP contribution >= 0.6 is 15.9 Å². The molecule has 0 aliphatic heterocycles. The molecule has 2 aromatic carbocycles. The third kappa shape index (κ3) is 4.58. The topological polar surface area (TPSA) is 73.6 Å². The number of aliphatic carboxylic acids is 1. The van der Waals surface area contributed by atoms with Crippen molar-refractivity contribution >= 4 is 32.9 Å². The number of carboxylic acid groups (broad SMARTS) is 1. The number of hydrogen-bond acceptors (Lipinski definition) is 4. The van der Waals surface area contributed by atoms with E-state index in [0.29, 0.717) is 24.7 Å². The maximum absolute atomic E-state index is 11.7. The molecule has 4 rings (SSSR count). The van der Waals surface area contributed by atoms with E-state index in [4.69, 9.17) is 14.5 Å². The van der Waals surface area contributed by atoms with Gasteiger partial charge in [-0.1, -0.05) is 53.2 Å². The molecule has 2 unspecified atom stereocenters. The van der Waals surface area contributed by atoms with Gasteiger partial charge in [0, 0.05) is 10.5 Å². The molecular weight excluding hydrogens is 472 g/mol. The molecule has 1 aromatic heterocycles. The fraction of sp³-hybridized carbons (Fsp3) is 0.280. The highest BCUT2D eigenvalue weighted by Gasteiger charge is 2.32. The van der Waals surface area contributed by atoms with Crippen molar-refractivity contribution in [3.05, 3.63) is 88.1 Å². The first-order chi connectivity index (χ1) is 15.5. The Bertz CT molecular complexity index is 1200. The first kappa shape index (κ1) is 22.1. The van der Waals surface area contributed by atoms with Gasteiger partial charge >= 0.3 is 5.97 Å². The molecule has 1 N–H and O–H groups in total. The van der Waals surface area contributed by atoms with Crippen LogP contribution in [0.25, 0.3) is 11.0 Å². The minimum absolute atomic E-state index is 0.242. The number of carbonyl (C=O) groups is 1. The summed E-state index contributed by atoms with van der Waals surface area (Å²) in [4.78, 5) is 16.5. The SMILES string of the molecule is CCOC1=CC(OCc2nc3ccccc3n2Cc2ccccc2Br)=CC(C)C1C(=O)O. The molecule has 0 saturated carbocycles. The van der Waals surface area contributed by atoms with Gasteiger partial charge in [0.15, 0.2) is 0 Å². The summed E-state index contributed by atoms with van der Waals surface area (Å²) in [6.07, 6.45) is 3.52.